The van der Waals surface area contributed by atoms with Gasteiger partial charge in [0.1, 0.15) is 0 Å². The molecule has 0 saturated carbocycles. The fraction of sp³-hybridized carbons (Fsp3) is 0.611. The van der Waals surface area contributed by atoms with Gasteiger partial charge < -0.3 is 10.6 Å². The highest BCUT2D eigenvalue weighted by Crippen LogP contribution is 2.27. The summed E-state index contributed by atoms with van der Waals surface area (Å²) < 4.78 is 0. The van der Waals surface area contributed by atoms with Crippen LogP contribution < -0.4 is 10.6 Å². The van der Waals surface area contributed by atoms with Gasteiger partial charge in [-0.3, -0.25) is 4.79 Å². The Morgan fingerprint density at radius 2 is 2.10 bits per heavy atom. The highest BCUT2D eigenvalue weighted by atomic mass is 16.2. The van der Waals surface area contributed by atoms with E-state index in [9.17, 15) is 4.79 Å². The number of hydrogen-bond acceptors (Lipinski definition) is 2. The first-order chi connectivity index (χ1) is 10.3. The maximum absolute atomic E-state index is 12.6. The third-order valence-electron chi connectivity index (χ3n) is 4.58. The van der Waals surface area contributed by atoms with E-state index in [-0.39, 0.29) is 5.91 Å². The van der Waals surface area contributed by atoms with Crippen molar-refractivity contribution in [1.82, 2.24) is 0 Å². The first kappa shape index (κ1) is 16.0. The van der Waals surface area contributed by atoms with Gasteiger partial charge in [0.15, 0.2) is 0 Å². The van der Waals surface area contributed by atoms with Crippen molar-refractivity contribution in [3.63, 3.8) is 0 Å². The van der Waals surface area contributed by atoms with Crippen molar-refractivity contribution in [3.05, 3.63) is 29.8 Å². The normalized spacial score (nSPS) is 16.2. The molecule has 1 aromatic rings. The second-order valence-electron chi connectivity index (χ2n) is 6.02. The summed E-state index contributed by atoms with van der Waals surface area (Å²) in [7, 11) is 0. The number of aryl methyl sites for hydroxylation is 1. The largest absolute Gasteiger partial charge is 0.330 e. The highest BCUT2D eigenvalue weighted by Gasteiger charge is 2.21. The fourth-order valence-electron chi connectivity index (χ4n) is 3.20. The zero-order valence-corrected chi connectivity index (χ0v) is 13.2. The van der Waals surface area contributed by atoms with Gasteiger partial charge in [0.25, 0.3) is 0 Å². The molecule has 1 atom stereocenters. The molecular formula is C18H28N2O. The lowest BCUT2D eigenvalue weighted by molar-refractivity contribution is -0.118. The number of rotatable bonds is 6. The summed E-state index contributed by atoms with van der Waals surface area (Å²) in [6.07, 6.45) is 7.11. The molecule has 116 valence electrons. The smallest absolute Gasteiger partial charge is 0.226 e. The van der Waals surface area contributed by atoms with Gasteiger partial charge in [-0.1, -0.05) is 31.5 Å². The molecule has 1 aliphatic rings. The van der Waals surface area contributed by atoms with E-state index >= 15 is 0 Å². The number of fused-ring (bicyclic) bond motifs is 1. The molecule has 21 heavy (non-hydrogen) atoms. The Bertz CT molecular complexity index is 458. The van der Waals surface area contributed by atoms with Crippen LogP contribution in [0.25, 0.3) is 0 Å². The van der Waals surface area contributed by atoms with E-state index in [4.69, 9.17) is 5.73 Å². The quantitative estimate of drug-likeness (QED) is 0.870. The summed E-state index contributed by atoms with van der Waals surface area (Å²) in [5, 5.41) is 0. The Morgan fingerprint density at radius 3 is 2.86 bits per heavy atom. The van der Waals surface area contributed by atoms with E-state index in [0.29, 0.717) is 12.3 Å². The number of carbonyl (C=O) groups excluding carboxylic acids is 1. The van der Waals surface area contributed by atoms with Crippen molar-refractivity contribution in [2.45, 2.75) is 51.9 Å². The molecule has 1 heterocycles. The average Bonchev–Trinajstić information content (AvgIpc) is 2.73. The number of hydrogen-bond donors (Lipinski definition) is 1. The minimum atomic E-state index is 0.278. The lowest BCUT2D eigenvalue weighted by Crippen LogP contribution is -2.32. The molecule has 0 aliphatic carbocycles. The zero-order valence-electron chi connectivity index (χ0n) is 13.2. The SMILES string of the molecule is CCC(CCN)CCC(=O)N1CCCCc2ccccc21. The highest BCUT2D eigenvalue weighted by molar-refractivity contribution is 5.94. The molecule has 0 spiro atoms. The van der Waals surface area contributed by atoms with Crippen LogP contribution in [0.1, 0.15) is 51.0 Å². The van der Waals surface area contributed by atoms with Gasteiger partial charge in [0.05, 0.1) is 0 Å². The predicted molar refractivity (Wildman–Crippen MR) is 88.4 cm³/mol. The average molecular weight is 288 g/mol. The first-order valence-electron chi connectivity index (χ1n) is 8.34. The van der Waals surface area contributed by atoms with Crippen LogP contribution >= 0.6 is 0 Å². The van der Waals surface area contributed by atoms with Crippen LogP contribution in [-0.2, 0) is 11.2 Å². The Hall–Kier alpha value is -1.35. The van der Waals surface area contributed by atoms with E-state index in [1.165, 1.54) is 12.0 Å². The van der Waals surface area contributed by atoms with E-state index in [2.05, 4.69) is 25.1 Å². The lowest BCUT2D eigenvalue weighted by atomic mass is 9.96. The second-order valence-corrected chi connectivity index (χ2v) is 6.02. The van der Waals surface area contributed by atoms with Crippen LogP contribution in [0.4, 0.5) is 5.69 Å². The van der Waals surface area contributed by atoms with Crippen molar-refractivity contribution in [2.75, 3.05) is 18.0 Å². The van der Waals surface area contributed by atoms with E-state index in [0.717, 1.165) is 50.9 Å². The monoisotopic (exact) mass is 288 g/mol. The molecule has 1 aliphatic heterocycles. The molecule has 3 nitrogen and oxygen atoms in total. The summed E-state index contributed by atoms with van der Waals surface area (Å²) in [5.41, 5.74) is 8.09. The van der Waals surface area contributed by atoms with Gasteiger partial charge in [-0.15, -0.1) is 0 Å². The molecule has 0 aromatic heterocycles. The summed E-state index contributed by atoms with van der Waals surface area (Å²) in [4.78, 5) is 14.6. The van der Waals surface area contributed by atoms with Crippen LogP contribution in [0.2, 0.25) is 0 Å². The Balaban J connectivity index is 2.01. The van der Waals surface area contributed by atoms with Gasteiger partial charge in [0.2, 0.25) is 5.91 Å². The van der Waals surface area contributed by atoms with E-state index in [1.54, 1.807) is 0 Å². The minimum absolute atomic E-state index is 0.278. The molecule has 0 radical (unpaired) electrons. The fourth-order valence-corrected chi connectivity index (χ4v) is 3.20. The Kier molecular flexibility index (Phi) is 6.24. The van der Waals surface area contributed by atoms with Crippen molar-refractivity contribution >= 4 is 11.6 Å². The molecule has 1 unspecified atom stereocenters. The van der Waals surface area contributed by atoms with Crippen LogP contribution in [-0.4, -0.2) is 19.0 Å². The molecule has 0 fully saturated rings. The third-order valence-corrected chi connectivity index (χ3v) is 4.58. The number of para-hydroxylation sites is 1. The minimum Gasteiger partial charge on any atom is -0.330 e. The number of carbonyl (C=O) groups is 1. The summed E-state index contributed by atoms with van der Waals surface area (Å²) in [5.74, 6) is 0.862. The maximum atomic E-state index is 12.6. The molecule has 1 amide bonds. The number of amides is 1. The van der Waals surface area contributed by atoms with E-state index < -0.39 is 0 Å². The molecular weight excluding hydrogens is 260 g/mol. The Morgan fingerprint density at radius 1 is 1.29 bits per heavy atom. The predicted octanol–water partition coefficient (Wildman–Crippen LogP) is 3.51. The van der Waals surface area contributed by atoms with Gasteiger partial charge in [0, 0.05) is 18.7 Å². The first-order valence-corrected chi connectivity index (χ1v) is 8.34. The van der Waals surface area contributed by atoms with Crippen LogP contribution in [0.5, 0.6) is 0 Å². The standard InChI is InChI=1S/C18H28N2O/c1-2-15(12-13-19)10-11-18(21)20-14-6-5-8-16-7-3-4-9-17(16)20/h3-4,7,9,15H,2,5-6,8,10-14,19H2,1H3. The van der Waals surface area contributed by atoms with Crippen molar-refractivity contribution in [3.8, 4) is 0 Å². The topological polar surface area (TPSA) is 46.3 Å². The molecule has 2 rings (SSSR count). The summed E-state index contributed by atoms with van der Waals surface area (Å²) in [6, 6.07) is 8.36. The van der Waals surface area contributed by atoms with Gasteiger partial charge >= 0.3 is 0 Å². The van der Waals surface area contributed by atoms with Crippen molar-refractivity contribution in [1.29, 1.82) is 0 Å². The van der Waals surface area contributed by atoms with Crippen LogP contribution in [0.15, 0.2) is 24.3 Å². The van der Waals surface area contributed by atoms with Crippen molar-refractivity contribution < 1.29 is 4.79 Å². The van der Waals surface area contributed by atoms with Crippen LogP contribution in [0.3, 0.4) is 0 Å². The maximum Gasteiger partial charge on any atom is 0.226 e. The van der Waals surface area contributed by atoms with E-state index in [1.807, 2.05) is 11.0 Å². The number of nitrogens with two attached hydrogens (primary N) is 1. The molecule has 3 heteroatoms. The van der Waals surface area contributed by atoms with Gasteiger partial charge in [-0.05, 0) is 56.2 Å². The summed E-state index contributed by atoms with van der Waals surface area (Å²) in [6.45, 7) is 3.77. The second kappa shape index (κ2) is 8.18. The molecule has 1 aromatic carbocycles. The van der Waals surface area contributed by atoms with Crippen LogP contribution in [0, 0.1) is 5.92 Å². The zero-order chi connectivity index (χ0) is 15.1. The van der Waals surface area contributed by atoms with Gasteiger partial charge in [-0.25, -0.2) is 0 Å². The molecule has 2 N–H and O–H groups in total. The Labute approximate surface area is 128 Å². The number of nitrogens with zero attached hydrogens (tertiary/aromatic N) is 1. The third kappa shape index (κ3) is 4.31. The summed E-state index contributed by atoms with van der Waals surface area (Å²) >= 11 is 0. The molecule has 0 saturated heterocycles. The van der Waals surface area contributed by atoms with Crippen molar-refractivity contribution in [2.24, 2.45) is 11.7 Å². The number of anilines is 1. The molecule has 0 bridgehead atoms. The lowest BCUT2D eigenvalue weighted by Gasteiger charge is -2.24. The van der Waals surface area contributed by atoms with Gasteiger partial charge in [-0.2, -0.15) is 0 Å². The number of benzene rings is 1.